The molecule has 1 saturated carbocycles. The summed E-state index contributed by atoms with van der Waals surface area (Å²) in [5.74, 6) is 1.65. The van der Waals surface area contributed by atoms with E-state index in [0.29, 0.717) is 11.3 Å². The molecule has 0 saturated heterocycles. The van der Waals surface area contributed by atoms with E-state index in [1.54, 1.807) is 0 Å². The number of pyridine rings is 1. The molecule has 1 aliphatic rings. The van der Waals surface area contributed by atoms with E-state index in [1.807, 2.05) is 20.0 Å². The number of hydrogen-bond acceptors (Lipinski definition) is 2. The molecule has 19 heavy (non-hydrogen) atoms. The van der Waals surface area contributed by atoms with Gasteiger partial charge in [-0.2, -0.15) is 0 Å². The van der Waals surface area contributed by atoms with Crippen LogP contribution in [0.1, 0.15) is 44.0 Å². The Kier molecular flexibility index (Phi) is 2.86. The Labute approximate surface area is 119 Å². The first-order chi connectivity index (χ1) is 8.88. The predicted octanol–water partition coefficient (Wildman–Crippen LogP) is 4.09. The average molecular weight is 278 g/mol. The van der Waals surface area contributed by atoms with Crippen LogP contribution in [0.5, 0.6) is 0 Å². The summed E-state index contributed by atoms with van der Waals surface area (Å²) in [6.07, 6.45) is 3.18. The molecule has 1 aliphatic carbocycles. The smallest absolute Gasteiger partial charge is 0.160 e. The van der Waals surface area contributed by atoms with Gasteiger partial charge in [-0.3, -0.25) is 0 Å². The number of aryl methyl sites for hydroxylation is 1. The lowest BCUT2D eigenvalue weighted by Gasteiger charge is -2.11. The zero-order chi connectivity index (χ0) is 13.8. The number of imidazole rings is 1. The van der Waals surface area contributed by atoms with Gasteiger partial charge in [-0.25, -0.2) is 9.97 Å². The molecule has 2 unspecified atom stereocenters. The van der Waals surface area contributed by atoms with Gasteiger partial charge < -0.3 is 4.57 Å². The van der Waals surface area contributed by atoms with Crippen molar-refractivity contribution in [3.63, 3.8) is 0 Å². The quantitative estimate of drug-likeness (QED) is 0.791. The van der Waals surface area contributed by atoms with Crippen molar-refractivity contribution >= 4 is 22.8 Å². The van der Waals surface area contributed by atoms with Gasteiger partial charge in [0.15, 0.2) is 5.65 Å². The lowest BCUT2D eigenvalue weighted by atomic mass is 10.1. The van der Waals surface area contributed by atoms with Crippen molar-refractivity contribution in [2.75, 3.05) is 0 Å². The fraction of sp³-hybridized carbons (Fsp3) is 0.600. The lowest BCUT2D eigenvalue weighted by molar-refractivity contribution is 0.494. The van der Waals surface area contributed by atoms with Crippen molar-refractivity contribution in [3.8, 4) is 0 Å². The Morgan fingerprint density at radius 1 is 1.53 bits per heavy atom. The molecule has 3 rings (SSSR count). The van der Waals surface area contributed by atoms with Gasteiger partial charge in [0.05, 0.1) is 5.38 Å². The maximum absolute atomic E-state index is 6.28. The van der Waals surface area contributed by atoms with Gasteiger partial charge in [0.1, 0.15) is 11.3 Å². The second kappa shape index (κ2) is 4.20. The van der Waals surface area contributed by atoms with Crippen LogP contribution < -0.4 is 0 Å². The third-order valence-electron chi connectivity index (χ3n) is 4.23. The normalized spacial score (nSPS) is 22.7. The van der Waals surface area contributed by atoms with Crippen LogP contribution in [0.15, 0.2) is 12.3 Å². The number of halogens is 1. The molecule has 102 valence electrons. The van der Waals surface area contributed by atoms with Crippen LogP contribution in [0.3, 0.4) is 0 Å². The molecule has 0 radical (unpaired) electrons. The Morgan fingerprint density at radius 3 is 2.79 bits per heavy atom. The Bertz CT molecular complexity index is 628. The van der Waals surface area contributed by atoms with E-state index in [-0.39, 0.29) is 5.38 Å². The van der Waals surface area contributed by atoms with E-state index < -0.39 is 0 Å². The second-order valence-electron chi connectivity index (χ2n) is 6.44. The topological polar surface area (TPSA) is 30.7 Å². The average Bonchev–Trinajstić information content (AvgIpc) is 2.77. The minimum Gasteiger partial charge on any atom is -0.311 e. The fourth-order valence-electron chi connectivity index (χ4n) is 2.72. The van der Waals surface area contributed by atoms with E-state index in [4.69, 9.17) is 11.6 Å². The number of aromatic nitrogens is 3. The van der Waals surface area contributed by atoms with E-state index in [9.17, 15) is 0 Å². The first-order valence-electron chi connectivity index (χ1n) is 6.85. The van der Waals surface area contributed by atoms with Crippen molar-refractivity contribution in [2.24, 2.45) is 11.3 Å². The van der Waals surface area contributed by atoms with Gasteiger partial charge in [-0.05, 0) is 43.2 Å². The summed E-state index contributed by atoms with van der Waals surface area (Å²) in [5.41, 5.74) is 3.52. The van der Waals surface area contributed by atoms with Crippen LogP contribution in [0, 0.1) is 18.3 Å². The molecule has 2 heterocycles. The first-order valence-corrected chi connectivity index (χ1v) is 7.29. The molecule has 3 nitrogen and oxygen atoms in total. The highest BCUT2D eigenvalue weighted by Gasteiger charge is 2.46. The summed E-state index contributed by atoms with van der Waals surface area (Å²) >= 11 is 6.28. The van der Waals surface area contributed by atoms with E-state index in [0.717, 1.165) is 29.1 Å². The number of fused-ring (bicyclic) bond motifs is 1. The van der Waals surface area contributed by atoms with Crippen LogP contribution in [-0.4, -0.2) is 14.5 Å². The molecule has 0 aromatic carbocycles. The maximum Gasteiger partial charge on any atom is 0.160 e. The van der Waals surface area contributed by atoms with Crippen molar-refractivity contribution in [2.45, 2.75) is 46.0 Å². The molecule has 0 amide bonds. The summed E-state index contributed by atoms with van der Waals surface area (Å²) < 4.78 is 2.21. The molecular formula is C15H20ClN3. The van der Waals surface area contributed by atoms with E-state index >= 15 is 0 Å². The Hall–Kier alpha value is -1.09. The predicted molar refractivity (Wildman–Crippen MR) is 78.4 cm³/mol. The maximum atomic E-state index is 6.28. The van der Waals surface area contributed by atoms with Gasteiger partial charge in [0, 0.05) is 12.7 Å². The van der Waals surface area contributed by atoms with E-state index in [2.05, 4.69) is 34.4 Å². The molecule has 0 aliphatic heterocycles. The van der Waals surface area contributed by atoms with Crippen LogP contribution >= 0.6 is 11.6 Å². The minimum atomic E-state index is -0.0867. The van der Waals surface area contributed by atoms with Gasteiger partial charge in [0.2, 0.25) is 0 Å². The van der Waals surface area contributed by atoms with Crippen LogP contribution in [0.4, 0.5) is 0 Å². The Balaban J connectivity index is 2.07. The van der Waals surface area contributed by atoms with Crippen LogP contribution in [0.25, 0.3) is 11.2 Å². The summed E-state index contributed by atoms with van der Waals surface area (Å²) in [5, 5.41) is -0.0867. The highest BCUT2D eigenvalue weighted by molar-refractivity contribution is 6.20. The standard InChI is InChI=1S/C15H20ClN3/c1-9-5-12-14(17-7-9)19(13(18-12)10(2)16)8-11-6-15(11,3)4/h5,7,10-11H,6,8H2,1-4H3. The molecule has 2 aromatic heterocycles. The zero-order valence-electron chi connectivity index (χ0n) is 11.9. The Morgan fingerprint density at radius 2 is 2.21 bits per heavy atom. The summed E-state index contributed by atoms with van der Waals surface area (Å²) in [6.45, 7) is 9.63. The number of nitrogens with zero attached hydrogens (tertiary/aromatic N) is 3. The lowest BCUT2D eigenvalue weighted by Crippen LogP contribution is -2.09. The molecular weight excluding hydrogens is 258 g/mol. The van der Waals surface area contributed by atoms with E-state index in [1.165, 1.54) is 6.42 Å². The summed E-state index contributed by atoms with van der Waals surface area (Å²) in [6, 6.07) is 2.08. The van der Waals surface area contributed by atoms with Crippen LogP contribution in [0.2, 0.25) is 0 Å². The van der Waals surface area contributed by atoms with Gasteiger partial charge in [0.25, 0.3) is 0 Å². The minimum absolute atomic E-state index is 0.0867. The molecule has 0 spiro atoms. The number of hydrogen-bond donors (Lipinski definition) is 0. The largest absolute Gasteiger partial charge is 0.311 e. The molecule has 0 bridgehead atoms. The summed E-state index contributed by atoms with van der Waals surface area (Å²) in [7, 11) is 0. The van der Waals surface area contributed by atoms with Crippen molar-refractivity contribution in [1.29, 1.82) is 0 Å². The molecule has 4 heteroatoms. The second-order valence-corrected chi connectivity index (χ2v) is 7.10. The first kappa shape index (κ1) is 12.9. The highest BCUT2D eigenvalue weighted by Crippen LogP contribution is 2.52. The van der Waals surface area contributed by atoms with Gasteiger partial charge in [-0.1, -0.05) is 13.8 Å². The molecule has 0 N–H and O–H groups in total. The summed E-state index contributed by atoms with van der Waals surface area (Å²) in [4.78, 5) is 9.22. The molecule has 1 fully saturated rings. The third kappa shape index (κ3) is 2.25. The molecule has 2 aromatic rings. The fourth-order valence-corrected chi connectivity index (χ4v) is 2.89. The number of alkyl halides is 1. The van der Waals surface area contributed by atoms with Crippen molar-refractivity contribution in [3.05, 3.63) is 23.7 Å². The third-order valence-corrected chi connectivity index (χ3v) is 4.42. The van der Waals surface area contributed by atoms with Crippen molar-refractivity contribution in [1.82, 2.24) is 14.5 Å². The monoisotopic (exact) mass is 277 g/mol. The highest BCUT2D eigenvalue weighted by atomic mass is 35.5. The van der Waals surface area contributed by atoms with Crippen molar-refractivity contribution < 1.29 is 0 Å². The zero-order valence-corrected chi connectivity index (χ0v) is 12.7. The molecule has 2 atom stereocenters. The van der Waals surface area contributed by atoms with Gasteiger partial charge >= 0.3 is 0 Å². The van der Waals surface area contributed by atoms with Gasteiger partial charge in [-0.15, -0.1) is 11.6 Å². The van der Waals surface area contributed by atoms with Crippen LogP contribution in [-0.2, 0) is 6.54 Å². The SMILES string of the molecule is Cc1cnc2c(c1)nc(C(C)Cl)n2CC1CC1(C)C. The number of rotatable bonds is 3.